The molecular weight excluding hydrogens is 294 g/mol. The van der Waals surface area contributed by atoms with Gasteiger partial charge in [-0.25, -0.2) is 0 Å². The largest absolute Gasteiger partial charge is 0.356 e. The van der Waals surface area contributed by atoms with E-state index in [-0.39, 0.29) is 0 Å². The van der Waals surface area contributed by atoms with Crippen LogP contribution in [0.4, 0.5) is 0 Å². The van der Waals surface area contributed by atoms with Crippen molar-refractivity contribution in [2.45, 2.75) is 83.4 Å². The van der Waals surface area contributed by atoms with Gasteiger partial charge in [-0.1, -0.05) is 32.1 Å². The molecular formula is C18H33NO4. The highest BCUT2D eigenvalue weighted by molar-refractivity contribution is 5.03. The number of hydrogen-bond donors (Lipinski definition) is 0. The van der Waals surface area contributed by atoms with E-state index in [0.29, 0.717) is 25.4 Å². The molecule has 0 bridgehead atoms. The number of rotatable bonds is 11. The molecule has 2 atom stereocenters. The Kier molecular flexibility index (Phi) is 9.73. The zero-order valence-corrected chi connectivity index (χ0v) is 15.2. The van der Waals surface area contributed by atoms with Gasteiger partial charge in [0, 0.05) is 27.2 Å². The van der Waals surface area contributed by atoms with Crippen LogP contribution in [0.25, 0.3) is 0 Å². The Morgan fingerprint density at radius 3 is 2.35 bits per heavy atom. The van der Waals surface area contributed by atoms with Crippen LogP contribution < -0.4 is 0 Å². The minimum Gasteiger partial charge on any atom is -0.356 e. The van der Waals surface area contributed by atoms with Gasteiger partial charge >= 0.3 is 0 Å². The molecule has 0 N–H and O–H groups in total. The Hall–Kier alpha value is -0.670. The molecule has 0 amide bonds. The first-order chi connectivity index (χ1) is 11.1. The Morgan fingerprint density at radius 1 is 1.17 bits per heavy atom. The van der Waals surface area contributed by atoms with E-state index in [1.54, 1.807) is 14.2 Å². The SMILES string of the molecule is CCOC(C)OC(C#N)(CCC1CCCCC1)CC(OC)OC. The van der Waals surface area contributed by atoms with E-state index in [4.69, 9.17) is 18.9 Å². The van der Waals surface area contributed by atoms with Crippen molar-refractivity contribution in [1.29, 1.82) is 5.26 Å². The highest BCUT2D eigenvalue weighted by Crippen LogP contribution is 2.33. The Morgan fingerprint density at radius 2 is 1.83 bits per heavy atom. The van der Waals surface area contributed by atoms with Crippen LogP contribution in [0.15, 0.2) is 0 Å². The quantitative estimate of drug-likeness (QED) is 0.536. The van der Waals surface area contributed by atoms with Crippen LogP contribution in [0, 0.1) is 17.2 Å². The number of nitriles is 1. The van der Waals surface area contributed by atoms with Crippen molar-refractivity contribution in [3.8, 4) is 6.07 Å². The Bertz CT molecular complexity index is 347. The predicted octanol–water partition coefficient (Wildman–Crippen LogP) is 4.02. The molecule has 1 aliphatic carbocycles. The second-order valence-corrected chi connectivity index (χ2v) is 6.39. The predicted molar refractivity (Wildman–Crippen MR) is 88.7 cm³/mol. The van der Waals surface area contributed by atoms with Gasteiger partial charge in [0.25, 0.3) is 0 Å². The van der Waals surface area contributed by atoms with Gasteiger partial charge in [-0.2, -0.15) is 5.26 Å². The molecule has 1 aliphatic rings. The minimum absolute atomic E-state index is 0.390. The lowest BCUT2D eigenvalue weighted by Gasteiger charge is -2.34. The van der Waals surface area contributed by atoms with Gasteiger partial charge in [-0.05, 0) is 32.6 Å². The molecule has 23 heavy (non-hydrogen) atoms. The monoisotopic (exact) mass is 327 g/mol. The Labute approximate surface area is 141 Å². The fourth-order valence-electron chi connectivity index (χ4n) is 3.37. The van der Waals surface area contributed by atoms with Crippen molar-refractivity contribution in [1.82, 2.24) is 0 Å². The van der Waals surface area contributed by atoms with Gasteiger partial charge in [-0.15, -0.1) is 0 Å². The summed E-state index contributed by atoms with van der Waals surface area (Å²) in [6, 6.07) is 2.38. The standard InChI is InChI=1S/C18H33NO4/c1-5-22-15(2)23-18(14-19,13-17(20-3)21-4)12-11-16-9-7-6-8-10-16/h15-17H,5-13H2,1-4H3. The van der Waals surface area contributed by atoms with Crippen LogP contribution in [0.2, 0.25) is 0 Å². The summed E-state index contributed by atoms with van der Waals surface area (Å²) in [5, 5.41) is 9.82. The summed E-state index contributed by atoms with van der Waals surface area (Å²) < 4.78 is 22.1. The van der Waals surface area contributed by atoms with Crippen LogP contribution in [0.1, 0.15) is 65.2 Å². The van der Waals surface area contributed by atoms with Crippen LogP contribution in [-0.2, 0) is 18.9 Å². The summed E-state index contributed by atoms with van der Waals surface area (Å²) in [5.74, 6) is 0.700. The number of methoxy groups -OCH3 is 2. The fourth-order valence-corrected chi connectivity index (χ4v) is 3.37. The topological polar surface area (TPSA) is 60.7 Å². The van der Waals surface area contributed by atoms with Crippen molar-refractivity contribution < 1.29 is 18.9 Å². The zero-order valence-electron chi connectivity index (χ0n) is 15.2. The molecule has 0 spiro atoms. The van der Waals surface area contributed by atoms with Gasteiger partial charge in [-0.3, -0.25) is 0 Å². The minimum atomic E-state index is -0.928. The molecule has 0 saturated heterocycles. The molecule has 1 rings (SSSR count). The van der Waals surface area contributed by atoms with Gasteiger partial charge in [0.1, 0.15) is 0 Å². The van der Waals surface area contributed by atoms with Gasteiger partial charge in [0.2, 0.25) is 0 Å². The number of ether oxygens (including phenoxy) is 4. The summed E-state index contributed by atoms with van der Waals surface area (Å²) in [4.78, 5) is 0. The smallest absolute Gasteiger partial charge is 0.162 e. The highest BCUT2D eigenvalue weighted by Gasteiger charge is 2.37. The highest BCUT2D eigenvalue weighted by atomic mass is 16.7. The fraction of sp³-hybridized carbons (Fsp3) is 0.944. The van der Waals surface area contributed by atoms with Crippen molar-refractivity contribution in [2.75, 3.05) is 20.8 Å². The van der Waals surface area contributed by atoms with Gasteiger partial charge < -0.3 is 18.9 Å². The normalized spacial score (nSPS) is 20.2. The molecule has 0 aromatic heterocycles. The molecule has 0 aromatic rings. The molecule has 5 heteroatoms. The molecule has 0 aromatic carbocycles. The maximum absolute atomic E-state index is 9.82. The summed E-state index contributed by atoms with van der Waals surface area (Å²) >= 11 is 0. The third kappa shape index (κ3) is 7.17. The van der Waals surface area contributed by atoms with Gasteiger partial charge in [0.05, 0.1) is 6.07 Å². The molecule has 5 nitrogen and oxygen atoms in total. The average molecular weight is 327 g/mol. The first kappa shape index (κ1) is 20.4. The van der Waals surface area contributed by atoms with E-state index >= 15 is 0 Å². The zero-order chi connectivity index (χ0) is 17.1. The molecule has 0 aliphatic heterocycles. The summed E-state index contributed by atoms with van der Waals surface area (Å²) in [6.07, 6.45) is 7.70. The van der Waals surface area contributed by atoms with E-state index in [9.17, 15) is 5.26 Å². The van der Waals surface area contributed by atoms with Crippen LogP contribution in [0.3, 0.4) is 0 Å². The molecule has 1 fully saturated rings. The number of nitrogens with zero attached hydrogens (tertiary/aromatic N) is 1. The van der Waals surface area contributed by atoms with E-state index in [2.05, 4.69) is 6.07 Å². The molecule has 2 unspecified atom stereocenters. The first-order valence-corrected chi connectivity index (χ1v) is 8.85. The summed E-state index contributed by atoms with van der Waals surface area (Å²) in [7, 11) is 3.17. The lowest BCUT2D eigenvalue weighted by molar-refractivity contribution is -0.212. The number of hydrogen-bond acceptors (Lipinski definition) is 5. The van der Waals surface area contributed by atoms with Gasteiger partial charge in [0.15, 0.2) is 18.2 Å². The van der Waals surface area contributed by atoms with Crippen molar-refractivity contribution in [3.05, 3.63) is 0 Å². The third-order valence-electron chi connectivity index (χ3n) is 4.70. The van der Waals surface area contributed by atoms with Crippen LogP contribution in [0.5, 0.6) is 0 Å². The maximum Gasteiger partial charge on any atom is 0.162 e. The molecule has 0 heterocycles. The Balaban J connectivity index is 2.72. The maximum atomic E-state index is 9.82. The van der Waals surface area contributed by atoms with E-state index in [0.717, 1.165) is 6.42 Å². The average Bonchev–Trinajstić information content (AvgIpc) is 2.58. The van der Waals surface area contributed by atoms with Crippen molar-refractivity contribution in [3.63, 3.8) is 0 Å². The summed E-state index contributed by atoms with van der Waals surface area (Å²) in [5.41, 5.74) is -0.928. The molecule has 134 valence electrons. The molecule has 1 saturated carbocycles. The second-order valence-electron chi connectivity index (χ2n) is 6.39. The second kappa shape index (κ2) is 11.0. The third-order valence-corrected chi connectivity index (χ3v) is 4.70. The van der Waals surface area contributed by atoms with Crippen LogP contribution in [-0.4, -0.2) is 39.0 Å². The first-order valence-electron chi connectivity index (χ1n) is 8.85. The lowest BCUT2D eigenvalue weighted by Crippen LogP contribution is -2.40. The van der Waals surface area contributed by atoms with E-state index < -0.39 is 18.2 Å². The van der Waals surface area contributed by atoms with Crippen molar-refractivity contribution >= 4 is 0 Å². The van der Waals surface area contributed by atoms with E-state index in [1.807, 2.05) is 13.8 Å². The van der Waals surface area contributed by atoms with Crippen molar-refractivity contribution in [2.24, 2.45) is 5.92 Å². The van der Waals surface area contributed by atoms with E-state index in [1.165, 1.54) is 32.1 Å². The molecule has 0 radical (unpaired) electrons. The lowest BCUT2D eigenvalue weighted by atomic mass is 9.82. The summed E-state index contributed by atoms with van der Waals surface area (Å²) in [6.45, 7) is 4.32. The van der Waals surface area contributed by atoms with Crippen LogP contribution >= 0.6 is 0 Å².